The highest BCUT2D eigenvalue weighted by atomic mass is 16.3. The second-order valence-corrected chi connectivity index (χ2v) is 8.20. The van der Waals surface area contributed by atoms with Crippen molar-refractivity contribution in [3.63, 3.8) is 0 Å². The fraction of sp³-hybridized carbons (Fsp3) is 0.360. The predicted molar refractivity (Wildman–Crippen MR) is 119 cm³/mol. The van der Waals surface area contributed by atoms with Crippen LogP contribution in [0.15, 0.2) is 59.2 Å². The van der Waals surface area contributed by atoms with Gasteiger partial charge in [-0.3, -0.25) is 9.69 Å². The number of hydrogen-bond acceptors (Lipinski definition) is 4. The van der Waals surface area contributed by atoms with Crippen molar-refractivity contribution in [2.24, 2.45) is 0 Å². The first-order chi connectivity index (χ1) is 14.3. The highest BCUT2D eigenvalue weighted by molar-refractivity contribution is 5.91. The topological polar surface area (TPSA) is 49.6 Å². The Morgan fingerprint density at radius 2 is 1.77 bits per heavy atom. The van der Waals surface area contributed by atoms with Gasteiger partial charge >= 0.3 is 0 Å². The van der Waals surface area contributed by atoms with E-state index in [1.165, 1.54) is 23.0 Å². The molecule has 3 rings (SSSR count). The van der Waals surface area contributed by atoms with Gasteiger partial charge in [0.15, 0.2) is 5.69 Å². The summed E-state index contributed by atoms with van der Waals surface area (Å²) < 4.78 is 5.66. The van der Waals surface area contributed by atoms with Crippen molar-refractivity contribution in [3.8, 4) is 0 Å². The molecule has 0 unspecified atom stereocenters. The van der Waals surface area contributed by atoms with E-state index in [1.807, 2.05) is 30.3 Å². The van der Waals surface area contributed by atoms with E-state index in [0.717, 1.165) is 12.1 Å². The Balaban J connectivity index is 1.67. The van der Waals surface area contributed by atoms with Crippen LogP contribution in [0, 0.1) is 13.8 Å². The smallest absolute Gasteiger partial charge is 0.275 e. The van der Waals surface area contributed by atoms with Crippen LogP contribution in [0.3, 0.4) is 0 Å². The van der Waals surface area contributed by atoms with E-state index in [-0.39, 0.29) is 5.91 Å². The molecule has 2 aromatic carbocycles. The van der Waals surface area contributed by atoms with Gasteiger partial charge in [0.2, 0.25) is 5.89 Å². The molecule has 3 aromatic rings. The van der Waals surface area contributed by atoms with Crippen LogP contribution in [0.1, 0.15) is 52.5 Å². The molecule has 5 nitrogen and oxygen atoms in total. The SMILES string of the molecule is Cc1ccc(C)c(CN(Cc2nc(C(=O)N(C)Cc3ccccc3)co2)C(C)C)c1. The second-order valence-electron chi connectivity index (χ2n) is 8.20. The Morgan fingerprint density at radius 3 is 2.47 bits per heavy atom. The Bertz CT molecular complexity index is 979. The van der Waals surface area contributed by atoms with E-state index in [0.29, 0.717) is 30.7 Å². The van der Waals surface area contributed by atoms with Crippen LogP contribution in [0.5, 0.6) is 0 Å². The van der Waals surface area contributed by atoms with Crippen LogP contribution < -0.4 is 0 Å². The van der Waals surface area contributed by atoms with Crippen molar-refractivity contribution in [1.29, 1.82) is 0 Å². The van der Waals surface area contributed by atoms with Crippen LogP contribution >= 0.6 is 0 Å². The van der Waals surface area contributed by atoms with E-state index in [2.05, 4.69) is 55.8 Å². The highest BCUT2D eigenvalue weighted by Crippen LogP contribution is 2.18. The summed E-state index contributed by atoms with van der Waals surface area (Å²) in [4.78, 5) is 21.2. The normalized spacial score (nSPS) is 11.3. The lowest BCUT2D eigenvalue weighted by Crippen LogP contribution is -2.30. The molecule has 0 fully saturated rings. The van der Waals surface area contributed by atoms with Crippen LogP contribution in [0.4, 0.5) is 0 Å². The Kier molecular flexibility index (Phi) is 7.06. The number of benzene rings is 2. The number of carbonyl (C=O) groups is 1. The average Bonchev–Trinajstić information content (AvgIpc) is 3.18. The van der Waals surface area contributed by atoms with E-state index < -0.39 is 0 Å². The molecule has 158 valence electrons. The van der Waals surface area contributed by atoms with Gasteiger partial charge in [-0.2, -0.15) is 0 Å². The van der Waals surface area contributed by atoms with Crippen molar-refractivity contribution in [3.05, 3.63) is 88.6 Å². The minimum atomic E-state index is -0.139. The van der Waals surface area contributed by atoms with Crippen LogP contribution in [-0.2, 0) is 19.6 Å². The third-order valence-electron chi connectivity index (χ3n) is 5.33. The number of carbonyl (C=O) groups excluding carboxylic acids is 1. The van der Waals surface area contributed by atoms with Gasteiger partial charge in [0.05, 0.1) is 6.54 Å². The Hall–Kier alpha value is -2.92. The molecule has 1 aromatic heterocycles. The lowest BCUT2D eigenvalue weighted by Gasteiger charge is -2.26. The fourth-order valence-electron chi connectivity index (χ4n) is 3.39. The van der Waals surface area contributed by atoms with Gasteiger partial charge < -0.3 is 9.32 Å². The first-order valence-corrected chi connectivity index (χ1v) is 10.4. The van der Waals surface area contributed by atoms with Gasteiger partial charge in [0.1, 0.15) is 6.26 Å². The molecule has 1 amide bonds. The zero-order chi connectivity index (χ0) is 21.7. The summed E-state index contributed by atoms with van der Waals surface area (Å²) >= 11 is 0. The summed E-state index contributed by atoms with van der Waals surface area (Å²) in [5, 5.41) is 0. The summed E-state index contributed by atoms with van der Waals surface area (Å²) in [6.45, 7) is 10.5. The summed E-state index contributed by atoms with van der Waals surface area (Å²) in [5.41, 5.74) is 5.26. The molecule has 0 bridgehead atoms. The second kappa shape index (κ2) is 9.72. The van der Waals surface area contributed by atoms with E-state index in [4.69, 9.17) is 4.42 Å². The Labute approximate surface area is 179 Å². The molecule has 0 saturated carbocycles. The molecule has 0 spiro atoms. The van der Waals surface area contributed by atoms with Crippen molar-refractivity contribution >= 4 is 5.91 Å². The predicted octanol–water partition coefficient (Wildman–Crippen LogP) is 4.97. The maximum absolute atomic E-state index is 12.7. The molecular formula is C25H31N3O2. The molecule has 0 N–H and O–H groups in total. The summed E-state index contributed by atoms with van der Waals surface area (Å²) in [6, 6.07) is 16.8. The number of rotatable bonds is 8. The van der Waals surface area contributed by atoms with Crippen LogP contribution in [-0.4, -0.2) is 33.8 Å². The zero-order valence-corrected chi connectivity index (χ0v) is 18.6. The van der Waals surface area contributed by atoms with Crippen LogP contribution in [0.25, 0.3) is 0 Å². The van der Waals surface area contributed by atoms with E-state index in [1.54, 1.807) is 11.9 Å². The van der Waals surface area contributed by atoms with Crippen molar-refractivity contribution in [1.82, 2.24) is 14.8 Å². The number of aromatic nitrogens is 1. The standard InChI is InChI=1S/C25H31N3O2/c1-18(2)28(15-22-13-19(3)11-12-20(22)4)16-24-26-23(17-30-24)25(29)27(5)14-21-9-7-6-8-10-21/h6-13,17-18H,14-16H2,1-5H3. The zero-order valence-electron chi connectivity index (χ0n) is 18.6. The first kappa shape index (κ1) is 21.8. The van der Waals surface area contributed by atoms with Gasteiger partial charge in [-0.15, -0.1) is 0 Å². The number of aryl methyl sites for hydroxylation is 2. The minimum Gasteiger partial charge on any atom is -0.447 e. The van der Waals surface area contributed by atoms with Crippen molar-refractivity contribution < 1.29 is 9.21 Å². The van der Waals surface area contributed by atoms with Gasteiger partial charge in [-0.1, -0.05) is 54.1 Å². The molecule has 0 radical (unpaired) electrons. The van der Waals surface area contributed by atoms with E-state index >= 15 is 0 Å². The molecule has 0 aliphatic heterocycles. The molecule has 0 aliphatic carbocycles. The van der Waals surface area contributed by atoms with Gasteiger partial charge in [0, 0.05) is 26.2 Å². The molecule has 30 heavy (non-hydrogen) atoms. The number of amides is 1. The van der Waals surface area contributed by atoms with Crippen LogP contribution in [0.2, 0.25) is 0 Å². The van der Waals surface area contributed by atoms with Gasteiger partial charge in [-0.25, -0.2) is 4.98 Å². The number of hydrogen-bond donors (Lipinski definition) is 0. The minimum absolute atomic E-state index is 0.139. The largest absolute Gasteiger partial charge is 0.447 e. The van der Waals surface area contributed by atoms with Crippen molar-refractivity contribution in [2.75, 3.05) is 7.05 Å². The maximum Gasteiger partial charge on any atom is 0.275 e. The van der Waals surface area contributed by atoms with Gasteiger partial charge in [-0.05, 0) is 44.4 Å². The highest BCUT2D eigenvalue weighted by Gasteiger charge is 2.20. The molecule has 5 heteroatoms. The molecule has 1 heterocycles. The number of oxazole rings is 1. The lowest BCUT2D eigenvalue weighted by molar-refractivity contribution is 0.0779. The fourth-order valence-corrected chi connectivity index (χ4v) is 3.39. The first-order valence-electron chi connectivity index (χ1n) is 10.4. The third-order valence-corrected chi connectivity index (χ3v) is 5.33. The quantitative estimate of drug-likeness (QED) is 0.531. The van der Waals surface area contributed by atoms with Gasteiger partial charge in [0.25, 0.3) is 5.91 Å². The Morgan fingerprint density at radius 1 is 1.03 bits per heavy atom. The summed E-state index contributed by atoms with van der Waals surface area (Å²) in [7, 11) is 1.78. The van der Waals surface area contributed by atoms with Crippen molar-refractivity contribution in [2.45, 2.75) is 53.4 Å². The lowest BCUT2D eigenvalue weighted by atomic mass is 10.0. The van der Waals surface area contributed by atoms with E-state index in [9.17, 15) is 4.79 Å². The molecule has 0 atom stereocenters. The number of nitrogens with zero attached hydrogens (tertiary/aromatic N) is 3. The molecule has 0 aliphatic rings. The summed E-state index contributed by atoms with van der Waals surface area (Å²) in [6.07, 6.45) is 1.47. The third kappa shape index (κ3) is 5.57. The molecule has 0 saturated heterocycles. The maximum atomic E-state index is 12.7. The summed E-state index contributed by atoms with van der Waals surface area (Å²) in [5.74, 6) is 0.421. The molecular weight excluding hydrogens is 374 g/mol. The monoisotopic (exact) mass is 405 g/mol. The average molecular weight is 406 g/mol.